The van der Waals surface area contributed by atoms with Crippen molar-refractivity contribution in [1.82, 2.24) is 44.5 Å². The highest BCUT2D eigenvalue weighted by molar-refractivity contribution is 5.90. The Bertz CT molecular complexity index is 1500. The summed E-state index contributed by atoms with van der Waals surface area (Å²) in [6, 6.07) is 1.19. The molecule has 0 radical (unpaired) electrons. The lowest BCUT2D eigenvalue weighted by molar-refractivity contribution is -0.130. The molecule has 0 amide bonds. The number of anilines is 1. The monoisotopic (exact) mass is 502 g/mol. The Morgan fingerprint density at radius 3 is 2.76 bits per heavy atom. The minimum atomic E-state index is -1.12. The third kappa shape index (κ3) is 3.37. The zero-order chi connectivity index (χ0) is 25.3. The lowest BCUT2D eigenvalue weighted by Crippen LogP contribution is -2.37. The van der Waals surface area contributed by atoms with Crippen LogP contribution in [-0.4, -0.2) is 79.2 Å². The van der Waals surface area contributed by atoms with E-state index in [1.54, 1.807) is 42.5 Å². The fourth-order valence-electron chi connectivity index (χ4n) is 5.78. The van der Waals surface area contributed by atoms with E-state index < -0.39 is 23.7 Å². The van der Waals surface area contributed by atoms with Gasteiger partial charge < -0.3 is 20.1 Å². The Morgan fingerprint density at radius 2 is 2.00 bits per heavy atom. The molecule has 3 aliphatic carbocycles. The SMILES string of the molecule is CCC(=O)[C@]12C[C@@H]1[C@@H](n1cnc3c(NCC4CC4)nc(-n4cc(-c5ncccn5)nn4)nc31)[C@@H](O)C2O. The first-order chi connectivity index (χ1) is 18.0. The first-order valence-electron chi connectivity index (χ1n) is 12.6. The molecule has 0 aliphatic heterocycles. The summed E-state index contributed by atoms with van der Waals surface area (Å²) in [4.78, 5) is 35.2. The van der Waals surface area contributed by atoms with Gasteiger partial charge >= 0.3 is 0 Å². The van der Waals surface area contributed by atoms with E-state index in [2.05, 4.69) is 30.6 Å². The van der Waals surface area contributed by atoms with Gasteiger partial charge in [0, 0.05) is 25.4 Å². The number of fused-ring (bicyclic) bond motifs is 2. The van der Waals surface area contributed by atoms with E-state index in [0.717, 1.165) is 6.54 Å². The zero-order valence-electron chi connectivity index (χ0n) is 20.1. The van der Waals surface area contributed by atoms with Gasteiger partial charge in [-0.3, -0.25) is 4.79 Å². The molecule has 1 unspecified atom stereocenters. The van der Waals surface area contributed by atoms with Crippen LogP contribution < -0.4 is 5.32 Å². The van der Waals surface area contributed by atoms with Gasteiger partial charge in [-0.25, -0.2) is 15.0 Å². The van der Waals surface area contributed by atoms with Gasteiger partial charge in [-0.1, -0.05) is 12.1 Å². The standard InChI is InChI=1S/C24H26N10O3/c1-2-15(35)24-8-13(24)17(18(36)19(24)37)33-11-28-16-21(27-9-12-4-5-12)29-23(30-22(16)33)34-10-14(31-32-34)20-25-6-3-7-26-20/h3,6-7,10-13,17-19,36-37H,2,4-5,8-9H2,1H3,(H,27,29,30)/t13-,17-,18-,19?,24+/m1/s1. The Morgan fingerprint density at radius 1 is 1.19 bits per heavy atom. The molecule has 3 aliphatic rings. The average Bonchev–Trinajstić information content (AvgIpc) is 3.77. The van der Waals surface area contributed by atoms with Crippen molar-refractivity contribution in [3.63, 3.8) is 0 Å². The van der Waals surface area contributed by atoms with Crippen LogP contribution in [0.15, 0.2) is 31.0 Å². The molecule has 3 saturated carbocycles. The maximum Gasteiger partial charge on any atom is 0.256 e. The molecule has 4 aromatic rings. The fourth-order valence-corrected chi connectivity index (χ4v) is 5.78. The third-order valence-corrected chi connectivity index (χ3v) is 7.99. The lowest BCUT2D eigenvalue weighted by Gasteiger charge is -2.23. The molecule has 3 N–H and O–H groups in total. The van der Waals surface area contributed by atoms with Crippen LogP contribution in [0.1, 0.15) is 38.6 Å². The van der Waals surface area contributed by atoms with Crippen molar-refractivity contribution in [2.24, 2.45) is 17.3 Å². The smallest absolute Gasteiger partial charge is 0.256 e. The van der Waals surface area contributed by atoms with Gasteiger partial charge in [0.2, 0.25) is 0 Å². The van der Waals surface area contributed by atoms with Gasteiger partial charge in [-0.15, -0.1) is 5.10 Å². The van der Waals surface area contributed by atoms with Crippen LogP contribution in [0.25, 0.3) is 28.6 Å². The molecule has 13 nitrogen and oxygen atoms in total. The molecular weight excluding hydrogens is 476 g/mol. The van der Waals surface area contributed by atoms with Gasteiger partial charge in [0.15, 0.2) is 28.5 Å². The number of imidazole rings is 1. The molecule has 7 rings (SSSR count). The fraction of sp³-hybridized carbons (Fsp3) is 0.500. The Labute approximate surface area is 211 Å². The number of rotatable bonds is 8. The topological polar surface area (TPSA) is 170 Å². The number of aromatic nitrogens is 9. The summed E-state index contributed by atoms with van der Waals surface area (Å²) in [7, 11) is 0. The maximum atomic E-state index is 12.7. The molecule has 0 spiro atoms. The summed E-state index contributed by atoms with van der Waals surface area (Å²) in [5.74, 6) is 1.65. The molecule has 5 atom stereocenters. The molecule has 13 heteroatoms. The highest BCUT2D eigenvalue weighted by atomic mass is 16.3. The van der Waals surface area contributed by atoms with Gasteiger partial charge in [0.25, 0.3) is 5.95 Å². The van der Waals surface area contributed by atoms with E-state index in [1.807, 2.05) is 0 Å². The zero-order valence-corrected chi connectivity index (χ0v) is 20.1. The van der Waals surface area contributed by atoms with Crippen molar-refractivity contribution in [2.75, 3.05) is 11.9 Å². The average molecular weight is 503 g/mol. The number of nitrogens with zero attached hydrogens (tertiary/aromatic N) is 9. The van der Waals surface area contributed by atoms with E-state index >= 15 is 0 Å². The minimum Gasteiger partial charge on any atom is -0.389 e. The van der Waals surface area contributed by atoms with Crippen molar-refractivity contribution < 1.29 is 15.0 Å². The largest absolute Gasteiger partial charge is 0.389 e. The van der Waals surface area contributed by atoms with Gasteiger partial charge in [-0.2, -0.15) is 14.6 Å². The normalized spacial score (nSPS) is 28.4. The van der Waals surface area contributed by atoms with Crippen LogP contribution >= 0.6 is 0 Å². The molecule has 0 bridgehead atoms. The summed E-state index contributed by atoms with van der Waals surface area (Å²) in [5, 5.41) is 33.7. The second kappa shape index (κ2) is 8.08. The van der Waals surface area contributed by atoms with E-state index in [4.69, 9.17) is 9.97 Å². The third-order valence-electron chi connectivity index (χ3n) is 7.99. The Balaban J connectivity index is 1.31. The predicted octanol–water partition coefficient (Wildman–Crippen LogP) is 0.948. The second-order valence-corrected chi connectivity index (χ2v) is 10.2. The van der Waals surface area contributed by atoms with Crippen molar-refractivity contribution in [2.45, 2.75) is 50.9 Å². The van der Waals surface area contributed by atoms with Crippen LogP contribution in [-0.2, 0) is 4.79 Å². The number of carbonyl (C=O) groups is 1. The first kappa shape index (κ1) is 22.4. The number of ketones is 1. The highest BCUT2D eigenvalue weighted by Gasteiger charge is 2.74. The molecule has 37 heavy (non-hydrogen) atoms. The minimum absolute atomic E-state index is 0.0173. The molecule has 190 valence electrons. The van der Waals surface area contributed by atoms with Crippen LogP contribution in [0.4, 0.5) is 5.82 Å². The summed E-state index contributed by atoms with van der Waals surface area (Å²) < 4.78 is 3.23. The molecule has 3 fully saturated rings. The van der Waals surface area contributed by atoms with Gasteiger partial charge in [-0.05, 0) is 37.2 Å². The molecular formula is C24H26N10O3. The lowest BCUT2D eigenvalue weighted by atomic mass is 9.92. The molecule has 4 heterocycles. The van der Waals surface area contributed by atoms with Gasteiger partial charge in [0.05, 0.1) is 30.1 Å². The van der Waals surface area contributed by atoms with Crippen LogP contribution in [0, 0.1) is 17.3 Å². The Kier molecular flexibility index (Phi) is 4.88. The summed E-state index contributed by atoms with van der Waals surface area (Å²) >= 11 is 0. The summed E-state index contributed by atoms with van der Waals surface area (Å²) in [6.07, 6.45) is 7.50. The second-order valence-electron chi connectivity index (χ2n) is 10.2. The predicted molar refractivity (Wildman–Crippen MR) is 129 cm³/mol. The highest BCUT2D eigenvalue weighted by Crippen LogP contribution is 2.68. The van der Waals surface area contributed by atoms with Crippen molar-refractivity contribution in [1.29, 1.82) is 0 Å². The van der Waals surface area contributed by atoms with E-state index in [1.165, 1.54) is 17.5 Å². The first-order valence-corrected chi connectivity index (χ1v) is 12.6. The van der Waals surface area contributed by atoms with Crippen LogP contribution in [0.5, 0.6) is 0 Å². The Hall–Kier alpha value is -3.84. The van der Waals surface area contributed by atoms with E-state index in [9.17, 15) is 15.0 Å². The molecule has 0 saturated heterocycles. The number of aliphatic hydroxyl groups excluding tert-OH is 2. The number of nitrogens with one attached hydrogen (secondary N) is 1. The van der Waals surface area contributed by atoms with Crippen molar-refractivity contribution in [3.05, 3.63) is 31.0 Å². The molecule has 0 aromatic carbocycles. The number of hydrogen-bond donors (Lipinski definition) is 3. The van der Waals surface area contributed by atoms with E-state index in [-0.39, 0.29) is 17.6 Å². The molecule has 4 aromatic heterocycles. The number of hydrogen-bond acceptors (Lipinski definition) is 11. The van der Waals surface area contributed by atoms with Crippen LogP contribution in [0.2, 0.25) is 0 Å². The number of Topliss-reactive ketones (excluding diaryl/α,β-unsaturated/α-hetero) is 1. The number of aliphatic hydroxyl groups is 2. The quantitative estimate of drug-likeness (QED) is 0.313. The van der Waals surface area contributed by atoms with Gasteiger partial charge in [0.1, 0.15) is 11.9 Å². The van der Waals surface area contributed by atoms with Crippen LogP contribution in [0.3, 0.4) is 0 Å². The van der Waals surface area contributed by atoms with Crippen molar-refractivity contribution >= 4 is 22.8 Å². The maximum absolute atomic E-state index is 12.7. The summed E-state index contributed by atoms with van der Waals surface area (Å²) in [6.45, 7) is 2.55. The van der Waals surface area contributed by atoms with E-state index in [0.29, 0.717) is 47.3 Å². The number of carbonyl (C=O) groups excluding carboxylic acids is 1. The summed E-state index contributed by atoms with van der Waals surface area (Å²) in [5.41, 5.74) is 0.618. The van der Waals surface area contributed by atoms with Crippen molar-refractivity contribution in [3.8, 4) is 17.5 Å².